The number of benzene rings is 4. The summed E-state index contributed by atoms with van der Waals surface area (Å²) in [5, 5.41) is 26.2. The van der Waals surface area contributed by atoms with Crippen LogP contribution in [0.3, 0.4) is 0 Å². The van der Waals surface area contributed by atoms with Crippen molar-refractivity contribution in [1.82, 2.24) is 5.43 Å². The van der Waals surface area contributed by atoms with Crippen LogP contribution < -0.4 is 10.2 Å². The smallest absolute Gasteiger partial charge is 0.271 e. The number of fused-ring (bicyclic) bond motifs is 1. The number of nitriles is 1. The average Bonchev–Trinajstić information content (AvgIpc) is 2.84. The molecule has 0 heterocycles. The standard InChI is InChI=1S/C25H16N4O4/c26-15-21-14-22(29(31)32)10-11-24(21)33-23-7-3-4-17(12-23)16-27-28-25(30)20-9-8-18-5-1-2-6-19(18)13-20/h1-14,16H,(H,28,30)/b27-16+. The summed E-state index contributed by atoms with van der Waals surface area (Å²) in [5.74, 6) is 0.265. The maximum atomic E-state index is 12.4. The fraction of sp³-hybridized carbons (Fsp3) is 0. The number of ether oxygens (including phenoxy) is 1. The third-order valence-corrected chi connectivity index (χ3v) is 4.77. The van der Waals surface area contributed by atoms with Crippen LogP contribution >= 0.6 is 0 Å². The molecule has 160 valence electrons. The Bertz CT molecular complexity index is 1440. The number of hydrogen-bond donors (Lipinski definition) is 1. The maximum Gasteiger partial charge on any atom is 0.271 e. The number of carbonyl (C=O) groups excluding carboxylic acids is 1. The number of hydrogen-bond acceptors (Lipinski definition) is 6. The van der Waals surface area contributed by atoms with E-state index in [1.807, 2.05) is 36.4 Å². The van der Waals surface area contributed by atoms with Crippen LogP contribution in [-0.4, -0.2) is 17.0 Å². The zero-order valence-electron chi connectivity index (χ0n) is 17.1. The van der Waals surface area contributed by atoms with Gasteiger partial charge in [0.1, 0.15) is 23.1 Å². The van der Waals surface area contributed by atoms with E-state index in [0.717, 1.165) is 16.8 Å². The molecule has 1 N–H and O–H groups in total. The predicted octanol–water partition coefficient (Wildman–Crippen LogP) is 5.18. The minimum absolute atomic E-state index is 0.0471. The van der Waals surface area contributed by atoms with Crippen molar-refractivity contribution in [2.75, 3.05) is 0 Å². The van der Waals surface area contributed by atoms with Crippen molar-refractivity contribution in [2.45, 2.75) is 0 Å². The van der Waals surface area contributed by atoms with E-state index in [-0.39, 0.29) is 22.9 Å². The van der Waals surface area contributed by atoms with Gasteiger partial charge in [0, 0.05) is 17.7 Å². The molecule has 8 heteroatoms. The number of nitrogens with zero attached hydrogens (tertiary/aromatic N) is 3. The first kappa shape index (κ1) is 21.2. The number of nitrogens with one attached hydrogen (secondary N) is 1. The largest absolute Gasteiger partial charge is 0.456 e. The molecule has 0 saturated heterocycles. The molecule has 0 aromatic heterocycles. The SMILES string of the molecule is N#Cc1cc([N+](=O)[O-])ccc1Oc1cccc(/C=N/NC(=O)c2ccc3ccccc3c2)c1. The second-order valence-electron chi connectivity index (χ2n) is 6.98. The van der Waals surface area contributed by atoms with Crippen LogP contribution in [-0.2, 0) is 0 Å². The first-order valence-electron chi connectivity index (χ1n) is 9.82. The van der Waals surface area contributed by atoms with Crippen LogP contribution in [0.5, 0.6) is 11.5 Å². The quantitative estimate of drug-likeness (QED) is 0.254. The fourth-order valence-corrected chi connectivity index (χ4v) is 3.15. The van der Waals surface area contributed by atoms with Crippen LogP contribution in [0.25, 0.3) is 10.8 Å². The molecule has 4 aromatic carbocycles. The molecule has 0 spiro atoms. The van der Waals surface area contributed by atoms with E-state index in [2.05, 4.69) is 10.5 Å². The number of nitro benzene ring substituents is 1. The van der Waals surface area contributed by atoms with Crippen molar-refractivity contribution in [2.24, 2.45) is 5.10 Å². The number of non-ortho nitro benzene ring substituents is 1. The topological polar surface area (TPSA) is 118 Å². The molecule has 0 unspecified atom stereocenters. The Balaban J connectivity index is 1.45. The average molecular weight is 436 g/mol. The molecule has 4 aromatic rings. The lowest BCUT2D eigenvalue weighted by atomic mass is 10.1. The van der Waals surface area contributed by atoms with E-state index < -0.39 is 4.92 Å². The van der Waals surface area contributed by atoms with E-state index in [1.165, 1.54) is 18.3 Å². The Labute approximate surface area is 188 Å². The van der Waals surface area contributed by atoms with Crippen LogP contribution in [0.1, 0.15) is 21.5 Å². The second-order valence-corrected chi connectivity index (χ2v) is 6.98. The molecule has 0 saturated carbocycles. The molecule has 0 radical (unpaired) electrons. The number of rotatable bonds is 6. The molecule has 0 atom stereocenters. The maximum absolute atomic E-state index is 12.4. The number of hydrazone groups is 1. The highest BCUT2D eigenvalue weighted by Crippen LogP contribution is 2.28. The lowest BCUT2D eigenvalue weighted by molar-refractivity contribution is -0.384. The molecule has 0 aliphatic heterocycles. The Morgan fingerprint density at radius 1 is 1.00 bits per heavy atom. The van der Waals surface area contributed by atoms with Gasteiger partial charge in [-0.05, 0) is 46.7 Å². The molecule has 0 fully saturated rings. The highest BCUT2D eigenvalue weighted by atomic mass is 16.6. The van der Waals surface area contributed by atoms with Gasteiger partial charge < -0.3 is 4.74 Å². The van der Waals surface area contributed by atoms with Crippen molar-refractivity contribution in [3.63, 3.8) is 0 Å². The number of carbonyl (C=O) groups is 1. The minimum atomic E-state index is -0.575. The Hall–Kier alpha value is -5.03. The summed E-state index contributed by atoms with van der Waals surface area (Å²) in [5.41, 5.74) is 3.49. The fourth-order valence-electron chi connectivity index (χ4n) is 3.15. The highest BCUT2D eigenvalue weighted by Gasteiger charge is 2.12. The zero-order valence-corrected chi connectivity index (χ0v) is 17.1. The van der Waals surface area contributed by atoms with E-state index >= 15 is 0 Å². The minimum Gasteiger partial charge on any atom is -0.456 e. The second kappa shape index (κ2) is 9.41. The van der Waals surface area contributed by atoms with Gasteiger partial charge in [0.25, 0.3) is 11.6 Å². The Morgan fingerprint density at radius 2 is 1.82 bits per heavy atom. The van der Waals surface area contributed by atoms with E-state index in [0.29, 0.717) is 16.9 Å². The molecule has 33 heavy (non-hydrogen) atoms. The van der Waals surface area contributed by atoms with E-state index in [1.54, 1.807) is 36.4 Å². The molecule has 0 aliphatic rings. The molecule has 0 bridgehead atoms. The summed E-state index contributed by atoms with van der Waals surface area (Å²) in [6, 6.07) is 25.7. The van der Waals surface area contributed by atoms with Crippen molar-refractivity contribution in [1.29, 1.82) is 5.26 Å². The summed E-state index contributed by atoms with van der Waals surface area (Å²) in [4.78, 5) is 22.7. The monoisotopic (exact) mass is 436 g/mol. The van der Waals surface area contributed by atoms with Crippen molar-refractivity contribution >= 4 is 28.6 Å². The van der Waals surface area contributed by atoms with Crippen molar-refractivity contribution < 1.29 is 14.5 Å². The van der Waals surface area contributed by atoms with Crippen molar-refractivity contribution in [3.8, 4) is 17.6 Å². The third kappa shape index (κ3) is 5.00. The predicted molar refractivity (Wildman–Crippen MR) is 123 cm³/mol. The van der Waals surface area contributed by atoms with Gasteiger partial charge in [-0.2, -0.15) is 10.4 Å². The van der Waals surface area contributed by atoms with Gasteiger partial charge in [0.15, 0.2) is 0 Å². The molecule has 0 aliphatic carbocycles. The van der Waals surface area contributed by atoms with Gasteiger partial charge in [0.2, 0.25) is 0 Å². The van der Waals surface area contributed by atoms with Gasteiger partial charge in [-0.3, -0.25) is 14.9 Å². The molecule has 1 amide bonds. The van der Waals surface area contributed by atoms with Crippen molar-refractivity contribution in [3.05, 3.63) is 112 Å². The summed E-state index contributed by atoms with van der Waals surface area (Å²) in [6.07, 6.45) is 1.47. The lowest BCUT2D eigenvalue weighted by Gasteiger charge is -2.08. The summed E-state index contributed by atoms with van der Waals surface area (Å²) >= 11 is 0. The highest BCUT2D eigenvalue weighted by molar-refractivity contribution is 5.99. The molecule has 4 rings (SSSR count). The number of amides is 1. The van der Waals surface area contributed by atoms with Crippen LogP contribution in [0.2, 0.25) is 0 Å². The van der Waals surface area contributed by atoms with Gasteiger partial charge in [0.05, 0.1) is 11.1 Å². The van der Waals surface area contributed by atoms with Crippen LogP contribution in [0, 0.1) is 21.4 Å². The molecule has 8 nitrogen and oxygen atoms in total. The molecular weight excluding hydrogens is 420 g/mol. The first-order chi connectivity index (χ1) is 16.0. The first-order valence-corrected chi connectivity index (χ1v) is 9.82. The number of nitro groups is 1. The lowest BCUT2D eigenvalue weighted by Crippen LogP contribution is -2.17. The zero-order chi connectivity index (χ0) is 23.2. The van der Waals surface area contributed by atoms with Crippen LogP contribution in [0.15, 0.2) is 90.0 Å². The summed E-state index contributed by atoms with van der Waals surface area (Å²) < 4.78 is 5.72. The van der Waals surface area contributed by atoms with Gasteiger partial charge in [-0.15, -0.1) is 0 Å². The molecular formula is C25H16N4O4. The third-order valence-electron chi connectivity index (χ3n) is 4.77. The van der Waals surface area contributed by atoms with E-state index in [4.69, 9.17) is 4.74 Å². The Morgan fingerprint density at radius 3 is 2.61 bits per heavy atom. The van der Waals surface area contributed by atoms with Gasteiger partial charge in [-0.25, -0.2) is 5.43 Å². The van der Waals surface area contributed by atoms with Crippen LogP contribution in [0.4, 0.5) is 5.69 Å². The Kier molecular flexibility index (Phi) is 6.05. The summed E-state index contributed by atoms with van der Waals surface area (Å²) in [7, 11) is 0. The normalized spacial score (nSPS) is 10.6. The van der Waals surface area contributed by atoms with E-state index in [9.17, 15) is 20.2 Å². The van der Waals surface area contributed by atoms with Gasteiger partial charge in [-0.1, -0.05) is 42.5 Å². The van der Waals surface area contributed by atoms with Gasteiger partial charge >= 0.3 is 0 Å². The summed E-state index contributed by atoms with van der Waals surface area (Å²) in [6.45, 7) is 0.